The van der Waals surface area contributed by atoms with Crippen LogP contribution in [0.2, 0.25) is 0 Å². The normalized spacial score (nSPS) is 34.2. The van der Waals surface area contributed by atoms with Crippen molar-refractivity contribution in [3.8, 4) is 0 Å². The Morgan fingerprint density at radius 2 is 1.94 bits per heavy atom. The van der Waals surface area contributed by atoms with Crippen LogP contribution in [0.4, 0.5) is 0 Å². The molecule has 0 radical (unpaired) electrons. The van der Waals surface area contributed by atoms with E-state index in [1.807, 2.05) is 0 Å². The van der Waals surface area contributed by atoms with Crippen LogP contribution in [0, 0.1) is 0 Å². The van der Waals surface area contributed by atoms with Crippen molar-refractivity contribution < 1.29 is 0 Å². The summed E-state index contributed by atoms with van der Waals surface area (Å²) >= 11 is 6.80. The van der Waals surface area contributed by atoms with Crippen LogP contribution in [0.25, 0.3) is 0 Å². The first-order valence-electron chi connectivity index (χ1n) is 6.21. The molecule has 2 unspecified atom stereocenters. The Hall–Kier alpha value is -0.530. The van der Waals surface area contributed by atoms with Gasteiger partial charge in [-0.2, -0.15) is 0 Å². The van der Waals surface area contributed by atoms with Gasteiger partial charge in [-0.15, -0.1) is 11.6 Å². The van der Waals surface area contributed by atoms with E-state index in [0.717, 1.165) is 6.42 Å². The molecule has 1 aromatic rings. The molecule has 1 saturated heterocycles. The summed E-state index contributed by atoms with van der Waals surface area (Å²) in [5.74, 6) is 0. The third-order valence-corrected chi connectivity index (χ3v) is 4.62. The number of benzene rings is 1. The summed E-state index contributed by atoms with van der Waals surface area (Å²) in [5, 5.41) is 0. The van der Waals surface area contributed by atoms with Crippen molar-refractivity contribution >= 4 is 11.6 Å². The average Bonchev–Trinajstić information content (AvgIpc) is 2.86. The Bertz CT molecular complexity index is 393. The van der Waals surface area contributed by atoms with Crippen LogP contribution >= 0.6 is 11.6 Å². The second-order valence-corrected chi connectivity index (χ2v) is 5.98. The average molecular weight is 236 g/mol. The molecule has 1 aliphatic heterocycles. The fraction of sp³-hybridized carbons (Fsp3) is 0.571. The van der Waals surface area contributed by atoms with Gasteiger partial charge in [0.05, 0.1) is 4.87 Å². The third kappa shape index (κ3) is 1.49. The minimum Gasteiger partial charge on any atom is -0.298 e. The topological polar surface area (TPSA) is 3.24 Å². The lowest BCUT2D eigenvalue weighted by Crippen LogP contribution is -2.42. The maximum absolute atomic E-state index is 6.80. The zero-order valence-corrected chi connectivity index (χ0v) is 10.5. The number of halogens is 1. The highest BCUT2D eigenvalue weighted by Gasteiger charge is 2.44. The Morgan fingerprint density at radius 3 is 2.62 bits per heavy atom. The number of likely N-dealkylation sites (tertiary alicyclic amines) is 1. The first-order valence-corrected chi connectivity index (χ1v) is 6.59. The number of alkyl halides is 1. The molecule has 0 bridgehead atoms. The molecule has 2 heteroatoms. The zero-order valence-electron chi connectivity index (χ0n) is 9.75. The van der Waals surface area contributed by atoms with Crippen molar-refractivity contribution in [1.29, 1.82) is 0 Å². The fourth-order valence-electron chi connectivity index (χ4n) is 3.28. The molecule has 0 aromatic heterocycles. The van der Waals surface area contributed by atoms with Gasteiger partial charge in [-0.1, -0.05) is 24.3 Å². The van der Waals surface area contributed by atoms with E-state index in [1.165, 1.54) is 37.1 Å². The predicted octanol–water partition coefficient (Wildman–Crippen LogP) is 3.16. The zero-order chi connectivity index (χ0) is 11.2. The van der Waals surface area contributed by atoms with Crippen LogP contribution in [-0.2, 0) is 11.3 Å². The summed E-state index contributed by atoms with van der Waals surface area (Å²) in [6, 6.07) is 9.14. The highest BCUT2D eigenvalue weighted by atomic mass is 35.5. The molecule has 1 aromatic carbocycles. The Kier molecular flexibility index (Phi) is 2.49. The maximum Gasteiger partial charge on any atom is 0.0827 e. The maximum atomic E-state index is 6.80. The van der Waals surface area contributed by atoms with Crippen molar-refractivity contribution in [2.24, 2.45) is 0 Å². The minimum absolute atomic E-state index is 0.194. The largest absolute Gasteiger partial charge is 0.298 e. The molecule has 1 heterocycles. The second-order valence-electron chi connectivity index (χ2n) is 5.20. The molecule has 0 amide bonds. The Balaban J connectivity index is 1.95. The first kappa shape index (κ1) is 10.6. The van der Waals surface area contributed by atoms with Gasteiger partial charge in [-0.3, -0.25) is 4.90 Å². The summed E-state index contributed by atoms with van der Waals surface area (Å²) in [6.07, 6.45) is 3.79. The van der Waals surface area contributed by atoms with E-state index in [0.29, 0.717) is 6.04 Å². The Morgan fingerprint density at radius 1 is 1.25 bits per heavy atom. The summed E-state index contributed by atoms with van der Waals surface area (Å²) < 4.78 is 0. The lowest BCUT2D eigenvalue weighted by atomic mass is 9.99. The van der Waals surface area contributed by atoms with Crippen molar-refractivity contribution in [1.82, 2.24) is 4.90 Å². The molecule has 1 fully saturated rings. The molecule has 0 spiro atoms. The Labute approximate surface area is 102 Å². The quantitative estimate of drug-likeness (QED) is 0.676. The molecule has 1 nitrogen and oxygen atoms in total. The van der Waals surface area contributed by atoms with E-state index >= 15 is 0 Å². The van der Waals surface area contributed by atoms with E-state index < -0.39 is 0 Å². The minimum atomic E-state index is -0.194. The fourth-order valence-corrected chi connectivity index (χ4v) is 3.68. The molecule has 2 aliphatic rings. The van der Waals surface area contributed by atoms with Gasteiger partial charge in [0.25, 0.3) is 0 Å². The number of rotatable bonds is 1. The van der Waals surface area contributed by atoms with Crippen molar-refractivity contribution in [2.75, 3.05) is 13.1 Å². The van der Waals surface area contributed by atoms with Crippen LogP contribution in [0.1, 0.15) is 30.9 Å². The predicted molar refractivity (Wildman–Crippen MR) is 67.9 cm³/mol. The smallest absolute Gasteiger partial charge is 0.0827 e. The molecule has 0 saturated carbocycles. The van der Waals surface area contributed by atoms with Gasteiger partial charge in [0.2, 0.25) is 0 Å². The van der Waals surface area contributed by atoms with E-state index in [4.69, 9.17) is 11.6 Å². The number of hydrogen-bond acceptors (Lipinski definition) is 1. The third-order valence-electron chi connectivity index (χ3n) is 4.16. The van der Waals surface area contributed by atoms with Crippen LogP contribution in [0.5, 0.6) is 0 Å². The molecular formula is C14H18ClN. The first-order chi connectivity index (χ1) is 7.69. The van der Waals surface area contributed by atoms with Gasteiger partial charge >= 0.3 is 0 Å². The lowest BCUT2D eigenvalue weighted by Gasteiger charge is -2.33. The van der Waals surface area contributed by atoms with Crippen molar-refractivity contribution in [2.45, 2.75) is 37.1 Å². The summed E-state index contributed by atoms with van der Waals surface area (Å²) in [4.78, 5) is 2.38. The lowest BCUT2D eigenvalue weighted by molar-refractivity contribution is 0.210. The van der Waals surface area contributed by atoms with Crippen LogP contribution < -0.4 is 0 Å². The summed E-state index contributed by atoms with van der Waals surface area (Å²) in [6.45, 7) is 4.63. The molecular weight excluding hydrogens is 218 g/mol. The molecule has 3 rings (SSSR count). The van der Waals surface area contributed by atoms with Gasteiger partial charge in [0.15, 0.2) is 0 Å². The molecule has 86 valence electrons. The van der Waals surface area contributed by atoms with Gasteiger partial charge < -0.3 is 0 Å². The van der Waals surface area contributed by atoms with Crippen LogP contribution in [-0.4, -0.2) is 24.0 Å². The summed E-state index contributed by atoms with van der Waals surface area (Å²) in [7, 11) is 0. The molecule has 2 atom stereocenters. The number of fused-ring (bicyclic) bond motifs is 1. The highest BCUT2D eigenvalue weighted by molar-refractivity contribution is 6.24. The van der Waals surface area contributed by atoms with Crippen LogP contribution in [0.3, 0.4) is 0 Å². The van der Waals surface area contributed by atoms with Gasteiger partial charge in [-0.25, -0.2) is 0 Å². The SMILES string of the molecule is CC1(Cl)c2ccccc2CC1N1CCCC1. The van der Waals surface area contributed by atoms with Gasteiger partial charge in [0, 0.05) is 6.04 Å². The number of hydrogen-bond donors (Lipinski definition) is 0. The van der Waals surface area contributed by atoms with Crippen molar-refractivity contribution in [3.63, 3.8) is 0 Å². The number of nitrogens with zero attached hydrogens (tertiary/aromatic N) is 1. The van der Waals surface area contributed by atoms with Gasteiger partial charge in [-0.05, 0) is 50.4 Å². The standard InChI is InChI=1S/C14H18ClN/c1-14(15)12-7-3-2-6-11(12)10-13(14)16-8-4-5-9-16/h2-3,6-7,13H,4-5,8-10H2,1H3. The monoisotopic (exact) mass is 235 g/mol. The summed E-state index contributed by atoms with van der Waals surface area (Å²) in [5.41, 5.74) is 2.78. The van der Waals surface area contributed by atoms with Crippen LogP contribution in [0.15, 0.2) is 24.3 Å². The van der Waals surface area contributed by atoms with E-state index in [-0.39, 0.29) is 4.87 Å². The second kappa shape index (κ2) is 3.75. The molecule has 0 N–H and O–H groups in total. The van der Waals surface area contributed by atoms with E-state index in [1.54, 1.807) is 0 Å². The molecule has 16 heavy (non-hydrogen) atoms. The van der Waals surface area contributed by atoms with E-state index in [9.17, 15) is 0 Å². The van der Waals surface area contributed by atoms with Crippen molar-refractivity contribution in [3.05, 3.63) is 35.4 Å². The highest BCUT2D eigenvalue weighted by Crippen LogP contribution is 2.45. The van der Waals surface area contributed by atoms with Gasteiger partial charge in [0.1, 0.15) is 0 Å². The molecule has 1 aliphatic carbocycles. The van der Waals surface area contributed by atoms with E-state index in [2.05, 4.69) is 36.1 Å².